The van der Waals surface area contributed by atoms with Gasteiger partial charge in [0.25, 0.3) is 0 Å². The van der Waals surface area contributed by atoms with E-state index in [0.29, 0.717) is 77.9 Å². The molecule has 0 bridgehead atoms. The summed E-state index contributed by atoms with van der Waals surface area (Å²) in [5, 5.41) is 11.6. The summed E-state index contributed by atoms with van der Waals surface area (Å²) >= 11 is 0. The molecule has 2 spiro atoms. The molecule has 7 aliphatic rings. The van der Waals surface area contributed by atoms with Crippen LogP contribution < -0.4 is 21.3 Å². The molecule has 4 aliphatic heterocycles. The second-order valence-corrected chi connectivity index (χ2v) is 22.4. The highest BCUT2D eigenvalue weighted by molar-refractivity contribution is 5.99. The third kappa shape index (κ3) is 14.4. The topological polar surface area (TPSA) is 175 Å². The summed E-state index contributed by atoms with van der Waals surface area (Å²) in [5.74, 6) is -0.723. The van der Waals surface area contributed by atoms with E-state index in [4.69, 9.17) is 14.3 Å². The molecule has 14 nitrogen and oxygen atoms in total. The second-order valence-electron chi connectivity index (χ2n) is 22.4. The van der Waals surface area contributed by atoms with Gasteiger partial charge in [-0.1, -0.05) is 100.0 Å². The third-order valence-electron chi connectivity index (χ3n) is 17.7. The summed E-state index contributed by atoms with van der Waals surface area (Å²) in [6.07, 6.45) is 18.7. The monoisotopic (exact) mass is 999 g/mol. The van der Waals surface area contributed by atoms with E-state index in [9.17, 15) is 19.2 Å². The first-order chi connectivity index (χ1) is 33.9. The summed E-state index contributed by atoms with van der Waals surface area (Å²) in [5.41, 5.74) is -1.94. The Morgan fingerprint density at radius 3 is 1.89 bits per heavy atom. The third-order valence-corrected chi connectivity index (χ3v) is 17.7. The van der Waals surface area contributed by atoms with Crippen LogP contribution in [-0.2, 0) is 38.2 Å². The average molecular weight is 999 g/mol. The molecule has 7 rings (SSSR count). The normalized spacial score (nSPS) is 28.3. The quantitative estimate of drug-likeness (QED) is 0.0671. The fraction of sp³-hybridized carbons (Fsp3) is 0.825. The van der Waals surface area contributed by atoms with Crippen molar-refractivity contribution < 1.29 is 38.2 Å². The van der Waals surface area contributed by atoms with Gasteiger partial charge in [-0.25, -0.2) is 0 Å². The van der Waals surface area contributed by atoms with Crippen molar-refractivity contribution in [3.05, 3.63) is 25.8 Å². The van der Waals surface area contributed by atoms with Crippen LogP contribution in [0.4, 0.5) is 0 Å². The molecule has 2 unspecified atom stereocenters. The Hall–Kier alpha value is -3.62. The Bertz CT molecular complexity index is 1670. The molecule has 7 atom stereocenters. The molecule has 0 aromatic carbocycles. The summed E-state index contributed by atoms with van der Waals surface area (Å²) in [4.78, 5) is 80.4. The van der Waals surface area contributed by atoms with Crippen LogP contribution in [0, 0.1) is 39.4 Å². The molecule has 4 heterocycles. The van der Waals surface area contributed by atoms with Gasteiger partial charge in [0.2, 0.25) is 30.0 Å². The molecule has 3 aliphatic carbocycles. The van der Waals surface area contributed by atoms with Gasteiger partial charge in [-0.2, -0.15) is 0 Å². The highest BCUT2D eigenvalue weighted by Gasteiger charge is 2.85. The van der Waals surface area contributed by atoms with Gasteiger partial charge >= 0.3 is 0 Å². The number of unbranched alkanes of at least 4 members (excludes halogenated alkanes) is 2. The van der Waals surface area contributed by atoms with Crippen LogP contribution in [0.5, 0.6) is 0 Å². The number of amides is 5. The van der Waals surface area contributed by atoms with Crippen molar-refractivity contribution >= 4 is 36.8 Å². The first-order valence-electron chi connectivity index (χ1n) is 27.5. The standard InChI is InChI=1S/C35H53N5O7.C9H19N.C8H18.C2H6.C2H4.CH2O/c1-6-23-18-35(23,30(45)36-5)39-27(42)24-19-34(31(2,3)33(34)10-7-11-33)20-40(24)29(44)26(32(4)12-16-47-17-13-32)38-28(43)25(37-21-41)22-8-14-46-15-9-22;1-8(2)10-7-5-4-6-9(10)3;1-4-5-6-7-8(2)3;3*1-2/h6,21-26H,1,7-20H2,2-5H3,(H,36,45)(H,37,41)(H,38,43)(H,39,42);8-9H,4-7H2,1-3H3;8H,4-7H2,1-3H3;1-2H3;1-2H2;1H2/t23-,24+,25?,26-,34?,35-;9-;;;;/m11..../s1. The summed E-state index contributed by atoms with van der Waals surface area (Å²) in [6, 6.07) is -0.965. The van der Waals surface area contributed by atoms with Crippen molar-refractivity contribution in [2.24, 2.45) is 39.4 Å². The van der Waals surface area contributed by atoms with Crippen LogP contribution in [0.2, 0.25) is 0 Å². The van der Waals surface area contributed by atoms with E-state index in [1.54, 1.807) is 18.0 Å². The molecule has 71 heavy (non-hydrogen) atoms. The van der Waals surface area contributed by atoms with Gasteiger partial charge < -0.3 is 40.4 Å². The van der Waals surface area contributed by atoms with Crippen LogP contribution in [0.3, 0.4) is 0 Å². The number of hydrogen-bond acceptors (Lipinski definition) is 9. The zero-order valence-corrected chi connectivity index (χ0v) is 46.8. The number of nitrogens with zero attached hydrogens (tertiary/aromatic N) is 2. The number of carbonyl (C=O) groups excluding carboxylic acids is 6. The van der Waals surface area contributed by atoms with Gasteiger partial charge in [0.05, 0.1) is 0 Å². The van der Waals surface area contributed by atoms with Crippen LogP contribution in [0.15, 0.2) is 25.8 Å². The van der Waals surface area contributed by atoms with E-state index in [0.717, 1.165) is 37.3 Å². The number of ether oxygens (including phenoxy) is 2. The van der Waals surface area contributed by atoms with Crippen LogP contribution in [-0.4, -0.2) is 129 Å². The number of rotatable bonds is 16. The molecule has 408 valence electrons. The van der Waals surface area contributed by atoms with Gasteiger partial charge in [-0.05, 0) is 114 Å². The van der Waals surface area contributed by atoms with Crippen molar-refractivity contribution in [1.82, 2.24) is 31.1 Å². The maximum atomic E-state index is 15.1. The summed E-state index contributed by atoms with van der Waals surface area (Å²) in [7, 11) is 1.55. The Morgan fingerprint density at radius 2 is 1.44 bits per heavy atom. The smallest absolute Gasteiger partial charge is 0.246 e. The number of nitrogens with one attached hydrogen (secondary N) is 4. The molecule has 0 aromatic heterocycles. The molecule has 4 saturated heterocycles. The number of likely N-dealkylation sites (N-methyl/N-ethyl adjacent to an activating group) is 1. The SMILES string of the molecule is C=C.C=C[C@@H]1C[C@]1(NC(=O)[C@@H]1CC2(CN1C(=O)[C@@H](NC(=O)C(NC=O)C1CCOCC1)C1(C)CCOCC1)C(C)(C)C21CCC1)C(=O)NC.C=O.CC.CC(C)N1CCCC[C@H]1C.CCCCCC(C)C. The van der Waals surface area contributed by atoms with Gasteiger partial charge in [0.15, 0.2) is 0 Å². The lowest BCUT2D eigenvalue weighted by molar-refractivity contribution is -0.147. The lowest BCUT2D eigenvalue weighted by Crippen LogP contribution is -2.63. The number of carbonyl (C=O) groups is 6. The minimum absolute atomic E-state index is 0.0587. The van der Waals surface area contributed by atoms with Crippen LogP contribution in [0.25, 0.3) is 0 Å². The Balaban J connectivity index is 0.000000596. The van der Waals surface area contributed by atoms with Gasteiger partial charge in [0.1, 0.15) is 30.5 Å². The maximum Gasteiger partial charge on any atom is 0.246 e. The first-order valence-corrected chi connectivity index (χ1v) is 27.5. The highest BCUT2D eigenvalue weighted by Crippen LogP contribution is 2.88. The van der Waals surface area contributed by atoms with Gasteiger partial charge in [0, 0.05) is 68.9 Å². The number of fused-ring (bicyclic) bond motifs is 1. The van der Waals surface area contributed by atoms with E-state index in [1.165, 1.54) is 51.5 Å². The molecule has 14 heteroatoms. The van der Waals surface area contributed by atoms with Gasteiger partial charge in [-0.3, -0.25) is 28.9 Å². The highest BCUT2D eigenvalue weighted by atomic mass is 16.5. The first kappa shape index (κ1) is 63.5. The molecule has 5 amide bonds. The van der Waals surface area contributed by atoms with E-state index < -0.39 is 35.0 Å². The fourth-order valence-electron chi connectivity index (χ4n) is 12.9. The fourth-order valence-corrected chi connectivity index (χ4v) is 12.9. The van der Waals surface area contributed by atoms with E-state index in [2.05, 4.69) is 101 Å². The summed E-state index contributed by atoms with van der Waals surface area (Å²) in [6.45, 7) is 39.8. The minimum Gasteiger partial charge on any atom is -0.381 e. The molecule has 0 aromatic rings. The van der Waals surface area contributed by atoms with Crippen molar-refractivity contribution in [3.63, 3.8) is 0 Å². The van der Waals surface area contributed by atoms with Crippen LogP contribution in [0.1, 0.15) is 179 Å². The van der Waals surface area contributed by atoms with E-state index in [1.807, 2.05) is 27.6 Å². The molecule has 0 radical (unpaired) electrons. The van der Waals surface area contributed by atoms with E-state index in [-0.39, 0.29) is 45.8 Å². The van der Waals surface area contributed by atoms with Crippen molar-refractivity contribution in [2.45, 2.75) is 215 Å². The summed E-state index contributed by atoms with van der Waals surface area (Å²) < 4.78 is 11.2. The van der Waals surface area contributed by atoms with Crippen LogP contribution >= 0.6 is 0 Å². The van der Waals surface area contributed by atoms with Crippen molar-refractivity contribution in [2.75, 3.05) is 46.6 Å². The Morgan fingerprint density at radius 1 is 0.831 bits per heavy atom. The molecular formula is C57H102N6O8. The lowest BCUT2D eigenvalue weighted by atomic mass is 9.73. The second kappa shape index (κ2) is 29.3. The maximum absolute atomic E-state index is 15.1. The molecular weight excluding hydrogens is 897 g/mol. The zero-order chi connectivity index (χ0) is 53.8. The largest absolute Gasteiger partial charge is 0.381 e. The minimum atomic E-state index is -1.08. The predicted molar refractivity (Wildman–Crippen MR) is 286 cm³/mol. The Labute approximate surface area is 431 Å². The number of likely N-dealkylation sites (tertiary alicyclic amines) is 2. The van der Waals surface area contributed by atoms with E-state index >= 15 is 4.79 Å². The number of piperidine rings is 1. The predicted octanol–water partition coefficient (Wildman–Crippen LogP) is 8.57. The molecule has 4 N–H and O–H groups in total. The van der Waals surface area contributed by atoms with Gasteiger partial charge in [-0.15, -0.1) is 19.7 Å². The molecule has 7 fully saturated rings. The zero-order valence-electron chi connectivity index (χ0n) is 46.8. The molecule has 3 saturated carbocycles. The number of hydrogen-bond donors (Lipinski definition) is 4. The van der Waals surface area contributed by atoms with Crippen molar-refractivity contribution in [1.29, 1.82) is 0 Å². The lowest BCUT2D eigenvalue weighted by Gasteiger charge is -2.43. The Kier molecular flexibility index (Phi) is 26.2. The average Bonchev–Trinajstić information content (AvgIpc) is 4.09. The van der Waals surface area contributed by atoms with Crippen molar-refractivity contribution in [3.8, 4) is 0 Å².